The van der Waals surface area contributed by atoms with Gasteiger partial charge in [-0.3, -0.25) is 4.79 Å². The molecule has 1 rings (SSSR count). The summed E-state index contributed by atoms with van der Waals surface area (Å²) in [5.41, 5.74) is -0.103. The van der Waals surface area contributed by atoms with Gasteiger partial charge in [-0.2, -0.15) is 0 Å². The van der Waals surface area contributed by atoms with E-state index >= 15 is 0 Å². The summed E-state index contributed by atoms with van der Waals surface area (Å²) in [6.07, 6.45) is 2.14. The van der Waals surface area contributed by atoms with Gasteiger partial charge in [-0.1, -0.05) is 0 Å². The van der Waals surface area contributed by atoms with Gasteiger partial charge in [0.05, 0.1) is 5.92 Å². The highest BCUT2D eigenvalue weighted by Crippen LogP contribution is 2.11. The fourth-order valence-corrected chi connectivity index (χ4v) is 1.55. The molecule has 0 aromatic rings. The first-order chi connectivity index (χ1) is 5.99. The quantitative estimate of drug-likeness (QED) is 0.635. The van der Waals surface area contributed by atoms with Crippen LogP contribution in [0.5, 0.6) is 0 Å². The third-order valence-corrected chi connectivity index (χ3v) is 2.17. The van der Waals surface area contributed by atoms with Crippen molar-refractivity contribution in [3.63, 3.8) is 0 Å². The lowest BCUT2D eigenvalue weighted by molar-refractivity contribution is -0.126. The summed E-state index contributed by atoms with van der Waals surface area (Å²) >= 11 is 0. The van der Waals surface area contributed by atoms with E-state index in [1.807, 2.05) is 20.8 Å². The van der Waals surface area contributed by atoms with Gasteiger partial charge in [-0.05, 0) is 40.2 Å². The van der Waals surface area contributed by atoms with Gasteiger partial charge < -0.3 is 10.6 Å². The zero-order chi connectivity index (χ0) is 9.90. The number of rotatable bonds is 1. The summed E-state index contributed by atoms with van der Waals surface area (Å²) in [5, 5.41) is 6.25. The minimum atomic E-state index is -0.103. The lowest BCUT2D eigenvalue weighted by atomic mass is 9.97. The molecule has 1 aliphatic heterocycles. The van der Waals surface area contributed by atoms with E-state index in [0.717, 1.165) is 25.9 Å². The van der Waals surface area contributed by atoms with Crippen molar-refractivity contribution in [2.75, 3.05) is 13.1 Å². The average Bonchev–Trinajstić information content (AvgIpc) is 2.03. The highest BCUT2D eigenvalue weighted by Gasteiger charge is 2.23. The Morgan fingerprint density at radius 2 is 2.15 bits per heavy atom. The van der Waals surface area contributed by atoms with Gasteiger partial charge in [0.15, 0.2) is 0 Å². The largest absolute Gasteiger partial charge is 0.351 e. The predicted octanol–water partition coefficient (Wildman–Crippen LogP) is 0.901. The van der Waals surface area contributed by atoms with Crippen molar-refractivity contribution in [3.8, 4) is 0 Å². The van der Waals surface area contributed by atoms with Crippen LogP contribution in [0, 0.1) is 5.92 Å². The van der Waals surface area contributed by atoms with Crippen LogP contribution < -0.4 is 10.6 Å². The third-order valence-electron chi connectivity index (χ3n) is 2.17. The van der Waals surface area contributed by atoms with Crippen LogP contribution in [0.1, 0.15) is 33.6 Å². The molecule has 0 aromatic heterocycles. The smallest absolute Gasteiger partial charge is 0.224 e. The van der Waals surface area contributed by atoms with Gasteiger partial charge in [0, 0.05) is 12.1 Å². The monoisotopic (exact) mass is 184 g/mol. The Hall–Kier alpha value is -0.570. The summed E-state index contributed by atoms with van der Waals surface area (Å²) in [6, 6.07) is 0. The lowest BCUT2D eigenvalue weighted by Gasteiger charge is -2.27. The number of carbonyl (C=O) groups excluding carboxylic acids is 1. The molecule has 1 atom stereocenters. The molecule has 1 saturated heterocycles. The highest BCUT2D eigenvalue weighted by molar-refractivity contribution is 5.79. The van der Waals surface area contributed by atoms with E-state index < -0.39 is 0 Å². The Labute approximate surface area is 80.3 Å². The Balaban J connectivity index is 2.38. The van der Waals surface area contributed by atoms with Crippen LogP contribution in [0.15, 0.2) is 0 Å². The second-order valence-corrected chi connectivity index (χ2v) is 4.78. The number of hydrogen-bond donors (Lipinski definition) is 2. The maximum Gasteiger partial charge on any atom is 0.224 e. The molecule has 0 saturated carbocycles. The number of piperidine rings is 1. The van der Waals surface area contributed by atoms with Gasteiger partial charge in [0.25, 0.3) is 0 Å². The van der Waals surface area contributed by atoms with Crippen LogP contribution in [-0.2, 0) is 4.79 Å². The molecule has 2 N–H and O–H groups in total. The first-order valence-corrected chi connectivity index (χ1v) is 5.02. The fraction of sp³-hybridized carbons (Fsp3) is 0.900. The number of amides is 1. The summed E-state index contributed by atoms with van der Waals surface area (Å²) < 4.78 is 0. The number of carbonyl (C=O) groups is 1. The third kappa shape index (κ3) is 3.77. The average molecular weight is 184 g/mol. The molecule has 1 unspecified atom stereocenters. The molecule has 1 aliphatic rings. The Morgan fingerprint density at radius 3 is 2.62 bits per heavy atom. The van der Waals surface area contributed by atoms with Gasteiger partial charge in [-0.25, -0.2) is 0 Å². The molecule has 0 radical (unpaired) electrons. The minimum absolute atomic E-state index is 0.103. The summed E-state index contributed by atoms with van der Waals surface area (Å²) in [5.74, 6) is 0.368. The van der Waals surface area contributed by atoms with E-state index in [2.05, 4.69) is 10.6 Å². The summed E-state index contributed by atoms with van der Waals surface area (Å²) in [4.78, 5) is 11.7. The van der Waals surface area contributed by atoms with Crippen molar-refractivity contribution in [3.05, 3.63) is 0 Å². The van der Waals surface area contributed by atoms with Gasteiger partial charge in [0.2, 0.25) is 5.91 Å². The standard InChI is InChI=1S/C10H20N2O/c1-10(2,3)12-9(13)8-5-4-6-11-7-8/h8,11H,4-7H2,1-3H3,(H,12,13). The van der Waals surface area contributed by atoms with Crippen molar-refractivity contribution >= 4 is 5.91 Å². The molecule has 0 aromatic carbocycles. The summed E-state index contributed by atoms with van der Waals surface area (Å²) in [7, 11) is 0. The Kier molecular flexibility index (Phi) is 3.31. The first kappa shape index (κ1) is 10.5. The Bertz CT molecular complexity index is 178. The predicted molar refractivity (Wildman–Crippen MR) is 53.5 cm³/mol. The summed E-state index contributed by atoms with van der Waals surface area (Å²) in [6.45, 7) is 7.94. The van der Waals surface area contributed by atoms with Crippen LogP contribution in [0.25, 0.3) is 0 Å². The topological polar surface area (TPSA) is 41.1 Å². The molecule has 1 amide bonds. The van der Waals surface area contributed by atoms with E-state index in [9.17, 15) is 4.79 Å². The fourth-order valence-electron chi connectivity index (χ4n) is 1.55. The van der Waals surface area contributed by atoms with Gasteiger partial charge in [0.1, 0.15) is 0 Å². The van der Waals surface area contributed by atoms with Crippen LogP contribution in [0.4, 0.5) is 0 Å². The van der Waals surface area contributed by atoms with Crippen molar-refractivity contribution in [1.82, 2.24) is 10.6 Å². The van der Waals surface area contributed by atoms with Crippen molar-refractivity contribution in [2.45, 2.75) is 39.2 Å². The van der Waals surface area contributed by atoms with Gasteiger partial charge in [-0.15, -0.1) is 0 Å². The molecule has 3 nitrogen and oxygen atoms in total. The van der Waals surface area contributed by atoms with Crippen LogP contribution >= 0.6 is 0 Å². The first-order valence-electron chi connectivity index (χ1n) is 5.02. The molecule has 0 aliphatic carbocycles. The second-order valence-electron chi connectivity index (χ2n) is 4.78. The normalized spacial score (nSPS) is 24.1. The van der Waals surface area contributed by atoms with E-state index in [1.165, 1.54) is 0 Å². The van der Waals surface area contributed by atoms with E-state index in [0.29, 0.717) is 0 Å². The van der Waals surface area contributed by atoms with Crippen LogP contribution in [-0.4, -0.2) is 24.5 Å². The molecule has 1 heterocycles. The van der Waals surface area contributed by atoms with E-state index in [1.54, 1.807) is 0 Å². The SMILES string of the molecule is CC(C)(C)NC(=O)C1CCCNC1. The molecular formula is C10H20N2O. The lowest BCUT2D eigenvalue weighted by Crippen LogP contribution is -2.47. The molecule has 0 bridgehead atoms. The van der Waals surface area contributed by atoms with Crippen LogP contribution in [0.2, 0.25) is 0 Å². The molecule has 76 valence electrons. The zero-order valence-corrected chi connectivity index (χ0v) is 8.81. The van der Waals surface area contributed by atoms with Crippen molar-refractivity contribution in [1.29, 1.82) is 0 Å². The maximum absolute atomic E-state index is 11.7. The second kappa shape index (κ2) is 4.09. The van der Waals surface area contributed by atoms with E-state index in [4.69, 9.17) is 0 Å². The maximum atomic E-state index is 11.7. The molecule has 13 heavy (non-hydrogen) atoms. The highest BCUT2D eigenvalue weighted by atomic mass is 16.2. The minimum Gasteiger partial charge on any atom is -0.351 e. The number of nitrogens with one attached hydrogen (secondary N) is 2. The Morgan fingerprint density at radius 1 is 1.46 bits per heavy atom. The van der Waals surface area contributed by atoms with Crippen molar-refractivity contribution in [2.24, 2.45) is 5.92 Å². The van der Waals surface area contributed by atoms with Crippen molar-refractivity contribution < 1.29 is 4.79 Å². The van der Waals surface area contributed by atoms with E-state index in [-0.39, 0.29) is 17.4 Å². The van der Waals surface area contributed by atoms with Gasteiger partial charge >= 0.3 is 0 Å². The molecular weight excluding hydrogens is 164 g/mol. The molecule has 3 heteroatoms. The number of hydrogen-bond acceptors (Lipinski definition) is 2. The molecule has 0 spiro atoms. The molecule has 1 fully saturated rings. The van der Waals surface area contributed by atoms with Crippen LogP contribution in [0.3, 0.4) is 0 Å². The zero-order valence-electron chi connectivity index (χ0n) is 8.81.